The number of halogens is 3. The van der Waals surface area contributed by atoms with Crippen LogP contribution in [0.3, 0.4) is 0 Å². The Bertz CT molecular complexity index is 1170. The van der Waals surface area contributed by atoms with E-state index in [1.807, 2.05) is 30.3 Å². The highest BCUT2D eigenvalue weighted by Crippen LogP contribution is 2.31. The second kappa shape index (κ2) is 7.38. The van der Waals surface area contributed by atoms with Gasteiger partial charge >= 0.3 is 6.18 Å². The lowest BCUT2D eigenvalue weighted by Gasteiger charge is -2.12. The van der Waals surface area contributed by atoms with E-state index < -0.39 is 11.7 Å². The van der Waals surface area contributed by atoms with Gasteiger partial charge < -0.3 is 10.6 Å². The fraction of sp³-hybridized carbons (Fsp3) is 0.0952. The number of benzene rings is 2. The van der Waals surface area contributed by atoms with Gasteiger partial charge in [-0.2, -0.15) is 18.2 Å². The maximum atomic E-state index is 12.9. The van der Waals surface area contributed by atoms with Crippen LogP contribution in [0.25, 0.3) is 10.9 Å². The second-order valence-electron chi connectivity index (χ2n) is 6.43. The Labute approximate surface area is 164 Å². The summed E-state index contributed by atoms with van der Waals surface area (Å²) in [6.07, 6.45) is -2.71. The Kier molecular flexibility index (Phi) is 4.75. The quantitative estimate of drug-likeness (QED) is 0.455. The first-order valence-corrected chi connectivity index (χ1v) is 8.79. The number of fused-ring (bicyclic) bond motifs is 1. The molecule has 4 aromatic rings. The van der Waals surface area contributed by atoms with Crippen LogP contribution in [0.2, 0.25) is 0 Å². The topological polar surface area (TPSA) is 62.7 Å². The van der Waals surface area contributed by atoms with E-state index in [1.165, 1.54) is 12.1 Å². The fourth-order valence-corrected chi connectivity index (χ4v) is 2.93. The molecule has 0 spiro atoms. The van der Waals surface area contributed by atoms with E-state index in [9.17, 15) is 13.2 Å². The zero-order chi connectivity index (χ0) is 20.4. The maximum absolute atomic E-state index is 12.9. The van der Waals surface area contributed by atoms with Gasteiger partial charge in [0, 0.05) is 29.0 Å². The number of nitrogens with zero attached hydrogens (tertiary/aromatic N) is 3. The van der Waals surface area contributed by atoms with Crippen LogP contribution in [-0.2, 0) is 6.18 Å². The zero-order valence-electron chi connectivity index (χ0n) is 15.3. The summed E-state index contributed by atoms with van der Waals surface area (Å²) in [5, 5.41) is 7.04. The normalized spacial score (nSPS) is 11.4. The molecule has 5 nitrogen and oxygen atoms in total. The van der Waals surface area contributed by atoms with Crippen LogP contribution in [0.15, 0.2) is 66.9 Å². The lowest BCUT2D eigenvalue weighted by atomic mass is 10.2. The number of anilines is 4. The average Bonchev–Trinajstić information content (AvgIpc) is 2.67. The van der Waals surface area contributed by atoms with Gasteiger partial charge in [0.05, 0.1) is 16.8 Å². The fourth-order valence-electron chi connectivity index (χ4n) is 2.93. The van der Waals surface area contributed by atoms with Crippen LogP contribution in [0.5, 0.6) is 0 Å². The van der Waals surface area contributed by atoms with E-state index in [0.29, 0.717) is 11.5 Å². The number of para-hydroxylation sites is 1. The van der Waals surface area contributed by atoms with E-state index in [1.54, 1.807) is 19.2 Å². The van der Waals surface area contributed by atoms with Crippen molar-refractivity contribution in [2.75, 3.05) is 10.6 Å². The number of rotatable bonds is 4. The predicted molar refractivity (Wildman–Crippen MR) is 107 cm³/mol. The lowest BCUT2D eigenvalue weighted by molar-refractivity contribution is -0.137. The third-order valence-electron chi connectivity index (χ3n) is 4.20. The summed E-state index contributed by atoms with van der Waals surface area (Å²) in [6, 6.07) is 16.2. The molecule has 8 heteroatoms. The maximum Gasteiger partial charge on any atom is 0.416 e. The molecule has 2 heterocycles. The van der Waals surface area contributed by atoms with Gasteiger partial charge in [-0.1, -0.05) is 24.3 Å². The van der Waals surface area contributed by atoms with Gasteiger partial charge in [0.2, 0.25) is 5.95 Å². The van der Waals surface area contributed by atoms with E-state index in [4.69, 9.17) is 0 Å². The molecule has 0 saturated heterocycles. The Morgan fingerprint density at radius 1 is 0.862 bits per heavy atom. The van der Waals surface area contributed by atoms with Gasteiger partial charge in [-0.15, -0.1) is 0 Å². The summed E-state index contributed by atoms with van der Waals surface area (Å²) in [5.74, 6) is 0.699. The molecule has 0 atom stereocenters. The molecule has 0 radical (unpaired) electrons. The van der Waals surface area contributed by atoms with Crippen LogP contribution >= 0.6 is 0 Å². The molecule has 2 N–H and O–H groups in total. The van der Waals surface area contributed by atoms with Gasteiger partial charge in [-0.3, -0.25) is 4.98 Å². The van der Waals surface area contributed by atoms with E-state index in [-0.39, 0.29) is 11.6 Å². The second-order valence-corrected chi connectivity index (χ2v) is 6.43. The molecule has 0 unspecified atom stereocenters. The molecule has 2 aromatic heterocycles. The molecule has 0 amide bonds. The highest BCUT2D eigenvalue weighted by molar-refractivity contribution is 5.91. The predicted octanol–water partition coefficient (Wildman–Crippen LogP) is 5.84. The average molecular weight is 395 g/mol. The van der Waals surface area contributed by atoms with E-state index in [2.05, 4.69) is 25.6 Å². The molecule has 4 rings (SSSR count). The third kappa shape index (κ3) is 4.26. The Morgan fingerprint density at radius 2 is 1.66 bits per heavy atom. The number of hydrogen-bond donors (Lipinski definition) is 2. The minimum Gasteiger partial charge on any atom is -0.338 e. The number of aryl methyl sites for hydroxylation is 1. The number of aromatic nitrogens is 3. The molecule has 0 aliphatic rings. The Hall–Kier alpha value is -3.68. The lowest BCUT2D eigenvalue weighted by Crippen LogP contribution is -2.06. The monoisotopic (exact) mass is 395 g/mol. The van der Waals surface area contributed by atoms with E-state index in [0.717, 1.165) is 28.7 Å². The van der Waals surface area contributed by atoms with Crippen molar-refractivity contribution in [2.45, 2.75) is 13.1 Å². The minimum absolute atomic E-state index is 0.194. The zero-order valence-corrected chi connectivity index (χ0v) is 15.3. The first kappa shape index (κ1) is 18.7. The standard InChI is InChI=1S/C21H16F3N5/c1-13-11-18(28-17-9-2-5-14-6-4-10-25-19(14)17)29-20(26-13)27-16-8-3-7-15(12-16)21(22,23)24/h2-12H,1H3,(H2,26,27,28,29). The summed E-state index contributed by atoms with van der Waals surface area (Å²) < 4.78 is 38.8. The van der Waals surface area contributed by atoms with Crippen molar-refractivity contribution in [1.29, 1.82) is 0 Å². The number of pyridine rings is 1. The van der Waals surface area contributed by atoms with Crippen molar-refractivity contribution < 1.29 is 13.2 Å². The van der Waals surface area contributed by atoms with E-state index >= 15 is 0 Å². The molecule has 0 saturated carbocycles. The Balaban J connectivity index is 1.63. The smallest absolute Gasteiger partial charge is 0.338 e. The SMILES string of the molecule is Cc1cc(Nc2cccc3cccnc23)nc(Nc2cccc(C(F)(F)F)c2)n1. The van der Waals surface area contributed by atoms with Gasteiger partial charge in [-0.25, -0.2) is 4.98 Å². The molecule has 0 bridgehead atoms. The first-order valence-electron chi connectivity index (χ1n) is 8.79. The van der Waals surface area contributed by atoms with Crippen LogP contribution in [-0.4, -0.2) is 15.0 Å². The molecule has 0 aliphatic heterocycles. The molecule has 2 aromatic carbocycles. The number of nitrogens with one attached hydrogen (secondary N) is 2. The highest BCUT2D eigenvalue weighted by Gasteiger charge is 2.30. The van der Waals surface area contributed by atoms with Crippen LogP contribution in [0, 0.1) is 6.92 Å². The van der Waals surface area contributed by atoms with Crippen molar-refractivity contribution in [3.63, 3.8) is 0 Å². The molecule has 0 aliphatic carbocycles. The summed E-state index contributed by atoms with van der Waals surface area (Å²) >= 11 is 0. The summed E-state index contributed by atoms with van der Waals surface area (Å²) in [5.41, 5.74) is 1.73. The summed E-state index contributed by atoms with van der Waals surface area (Å²) in [7, 11) is 0. The van der Waals surface area contributed by atoms with Gasteiger partial charge in [0.25, 0.3) is 0 Å². The summed E-state index contributed by atoms with van der Waals surface area (Å²) in [4.78, 5) is 13.0. The number of alkyl halides is 3. The number of hydrogen-bond acceptors (Lipinski definition) is 5. The molecular weight excluding hydrogens is 379 g/mol. The van der Waals surface area contributed by atoms with Crippen molar-refractivity contribution >= 4 is 34.0 Å². The molecule has 146 valence electrons. The Morgan fingerprint density at radius 3 is 2.48 bits per heavy atom. The summed E-state index contributed by atoms with van der Waals surface area (Å²) in [6.45, 7) is 1.78. The third-order valence-corrected chi connectivity index (χ3v) is 4.20. The van der Waals surface area contributed by atoms with Crippen molar-refractivity contribution in [3.05, 3.63) is 78.1 Å². The molecule has 29 heavy (non-hydrogen) atoms. The van der Waals surface area contributed by atoms with Crippen molar-refractivity contribution in [1.82, 2.24) is 15.0 Å². The molecule has 0 fully saturated rings. The highest BCUT2D eigenvalue weighted by atomic mass is 19.4. The minimum atomic E-state index is -4.42. The van der Waals surface area contributed by atoms with Crippen molar-refractivity contribution in [2.24, 2.45) is 0 Å². The van der Waals surface area contributed by atoms with Gasteiger partial charge in [-0.05, 0) is 37.3 Å². The first-order chi connectivity index (χ1) is 13.9. The van der Waals surface area contributed by atoms with Crippen LogP contribution < -0.4 is 10.6 Å². The largest absolute Gasteiger partial charge is 0.416 e. The van der Waals surface area contributed by atoms with Crippen LogP contribution in [0.1, 0.15) is 11.3 Å². The van der Waals surface area contributed by atoms with Crippen molar-refractivity contribution in [3.8, 4) is 0 Å². The van der Waals surface area contributed by atoms with Crippen LogP contribution in [0.4, 0.5) is 36.3 Å². The van der Waals surface area contributed by atoms with Gasteiger partial charge in [0.15, 0.2) is 0 Å². The molecular formula is C21H16F3N5. The van der Waals surface area contributed by atoms with Gasteiger partial charge in [0.1, 0.15) is 5.82 Å².